The number of nitriles is 1. The van der Waals surface area contributed by atoms with Crippen LogP contribution in [0.2, 0.25) is 0 Å². The zero-order chi connectivity index (χ0) is 21.5. The summed E-state index contributed by atoms with van der Waals surface area (Å²) in [5.41, 5.74) is 4.07. The Morgan fingerprint density at radius 1 is 1.10 bits per heavy atom. The fraction of sp³-hybridized carbons (Fsp3) is 0.130. The third kappa shape index (κ3) is 4.80. The number of aromatic nitrogens is 1. The van der Waals surface area contributed by atoms with Crippen molar-refractivity contribution in [2.45, 2.75) is 19.9 Å². The van der Waals surface area contributed by atoms with E-state index in [2.05, 4.69) is 15.6 Å². The minimum atomic E-state index is -0.965. The van der Waals surface area contributed by atoms with Crippen molar-refractivity contribution in [3.05, 3.63) is 77.5 Å². The van der Waals surface area contributed by atoms with Gasteiger partial charge in [0.05, 0.1) is 17.3 Å². The molecule has 3 aromatic rings. The molecule has 1 amide bonds. The van der Waals surface area contributed by atoms with Gasteiger partial charge in [-0.05, 0) is 41.3 Å². The molecule has 0 atom stereocenters. The van der Waals surface area contributed by atoms with Gasteiger partial charge in [0, 0.05) is 12.7 Å². The van der Waals surface area contributed by atoms with Gasteiger partial charge >= 0.3 is 5.97 Å². The van der Waals surface area contributed by atoms with E-state index in [4.69, 9.17) is 5.26 Å². The van der Waals surface area contributed by atoms with Gasteiger partial charge in [-0.15, -0.1) is 0 Å². The summed E-state index contributed by atoms with van der Waals surface area (Å²) in [5, 5.41) is 24.0. The van der Waals surface area contributed by atoms with Gasteiger partial charge in [0.25, 0.3) is 0 Å². The number of aromatic carboxylic acids is 1. The normalized spacial score (nSPS) is 10.1. The van der Waals surface area contributed by atoms with E-state index >= 15 is 0 Å². The number of amides is 1. The van der Waals surface area contributed by atoms with E-state index in [0.717, 1.165) is 16.7 Å². The Hall–Kier alpha value is -4.18. The van der Waals surface area contributed by atoms with E-state index in [0.29, 0.717) is 23.6 Å². The van der Waals surface area contributed by atoms with E-state index in [9.17, 15) is 14.7 Å². The Labute approximate surface area is 174 Å². The Kier molecular flexibility index (Phi) is 6.40. The number of carbonyl (C=O) groups is 2. The molecule has 0 aliphatic heterocycles. The van der Waals surface area contributed by atoms with Gasteiger partial charge in [-0.2, -0.15) is 5.26 Å². The Bertz CT molecular complexity index is 1120. The third-order valence-corrected chi connectivity index (χ3v) is 4.55. The van der Waals surface area contributed by atoms with E-state index in [1.165, 1.54) is 0 Å². The van der Waals surface area contributed by atoms with Crippen molar-refractivity contribution in [1.82, 2.24) is 4.98 Å². The number of hydrogen-bond donors (Lipinski definition) is 3. The minimum absolute atomic E-state index is 0.229. The number of nitrogens with one attached hydrogen (secondary N) is 2. The predicted octanol–water partition coefficient (Wildman–Crippen LogP) is 4.22. The predicted molar refractivity (Wildman–Crippen MR) is 114 cm³/mol. The number of rotatable bonds is 7. The number of anilines is 2. The monoisotopic (exact) mass is 400 g/mol. The van der Waals surface area contributed by atoms with Crippen LogP contribution in [0.25, 0.3) is 11.1 Å². The number of carboxylic acid groups (broad SMARTS) is 1. The van der Waals surface area contributed by atoms with Crippen LogP contribution >= 0.6 is 0 Å². The van der Waals surface area contributed by atoms with E-state index in [1.807, 2.05) is 43.3 Å². The number of nitrogens with zero attached hydrogens (tertiary/aromatic N) is 2. The van der Waals surface area contributed by atoms with Crippen LogP contribution in [0.15, 0.2) is 60.8 Å². The second kappa shape index (κ2) is 9.34. The molecule has 0 radical (unpaired) electrons. The van der Waals surface area contributed by atoms with Crippen molar-refractivity contribution in [3.63, 3.8) is 0 Å². The number of pyridine rings is 1. The summed E-state index contributed by atoms with van der Waals surface area (Å²) < 4.78 is 0. The molecule has 7 heteroatoms. The molecule has 0 saturated heterocycles. The Morgan fingerprint density at radius 2 is 1.83 bits per heavy atom. The molecule has 0 aliphatic carbocycles. The zero-order valence-corrected chi connectivity index (χ0v) is 16.3. The standard InChI is InChI=1S/C23H20N4O3/c1-15-11-13-25-22(21(15)27-20(28)10-12-24)26-14-16-6-8-17(9-7-16)18-4-2-3-5-19(18)23(29)30/h2-9,11,13H,10,14H2,1H3,(H,25,26)(H,27,28)(H,29,30). The van der Waals surface area contributed by atoms with Crippen LogP contribution in [-0.4, -0.2) is 22.0 Å². The lowest BCUT2D eigenvalue weighted by molar-refractivity contribution is -0.115. The second-order valence-electron chi connectivity index (χ2n) is 6.64. The van der Waals surface area contributed by atoms with Gasteiger partial charge in [-0.25, -0.2) is 9.78 Å². The summed E-state index contributed by atoms with van der Waals surface area (Å²) in [7, 11) is 0. The van der Waals surface area contributed by atoms with Crippen molar-refractivity contribution < 1.29 is 14.7 Å². The molecule has 1 heterocycles. The molecule has 3 rings (SSSR count). The first-order chi connectivity index (χ1) is 14.5. The quantitative estimate of drug-likeness (QED) is 0.547. The van der Waals surface area contributed by atoms with Crippen LogP contribution in [0.5, 0.6) is 0 Å². The van der Waals surface area contributed by atoms with Crippen molar-refractivity contribution in [2.75, 3.05) is 10.6 Å². The summed E-state index contributed by atoms with van der Waals surface area (Å²) in [5.74, 6) is -0.840. The number of carboxylic acids is 1. The van der Waals surface area contributed by atoms with Crippen LogP contribution in [0.4, 0.5) is 11.5 Å². The molecule has 0 fully saturated rings. The number of hydrogen-bond acceptors (Lipinski definition) is 5. The number of benzene rings is 2. The van der Waals surface area contributed by atoms with Crippen LogP contribution < -0.4 is 10.6 Å². The summed E-state index contributed by atoms with van der Waals surface area (Å²) in [6.45, 7) is 2.31. The smallest absolute Gasteiger partial charge is 0.336 e. The van der Waals surface area contributed by atoms with E-state index in [1.54, 1.807) is 30.5 Å². The van der Waals surface area contributed by atoms with Crippen molar-refractivity contribution in [1.29, 1.82) is 5.26 Å². The number of aryl methyl sites for hydroxylation is 1. The first-order valence-corrected chi connectivity index (χ1v) is 9.27. The van der Waals surface area contributed by atoms with Gasteiger partial charge in [0.2, 0.25) is 5.91 Å². The van der Waals surface area contributed by atoms with Gasteiger partial charge in [0.15, 0.2) is 0 Å². The fourth-order valence-electron chi connectivity index (χ4n) is 3.01. The maximum atomic E-state index is 11.8. The van der Waals surface area contributed by atoms with Crippen LogP contribution in [0, 0.1) is 18.3 Å². The summed E-state index contributed by atoms with van der Waals surface area (Å²) in [6.07, 6.45) is 1.41. The zero-order valence-electron chi connectivity index (χ0n) is 16.3. The Balaban J connectivity index is 1.75. The van der Waals surface area contributed by atoms with Gasteiger partial charge in [-0.1, -0.05) is 42.5 Å². The molecular formula is C23H20N4O3. The lowest BCUT2D eigenvalue weighted by Crippen LogP contribution is -2.14. The maximum absolute atomic E-state index is 11.8. The highest BCUT2D eigenvalue weighted by molar-refractivity contribution is 5.96. The molecule has 0 spiro atoms. The van der Waals surface area contributed by atoms with Crippen molar-refractivity contribution >= 4 is 23.4 Å². The van der Waals surface area contributed by atoms with Gasteiger partial charge < -0.3 is 15.7 Å². The summed E-state index contributed by atoms with van der Waals surface area (Å²) in [6, 6.07) is 18.0. The van der Waals surface area contributed by atoms with Crippen LogP contribution in [0.1, 0.15) is 27.9 Å². The van der Waals surface area contributed by atoms with Crippen molar-refractivity contribution in [2.24, 2.45) is 0 Å². The molecule has 7 nitrogen and oxygen atoms in total. The topological polar surface area (TPSA) is 115 Å². The Morgan fingerprint density at radius 3 is 2.53 bits per heavy atom. The lowest BCUT2D eigenvalue weighted by Gasteiger charge is -2.14. The highest BCUT2D eigenvalue weighted by Gasteiger charge is 2.12. The van der Waals surface area contributed by atoms with Crippen LogP contribution in [-0.2, 0) is 11.3 Å². The molecule has 0 saturated carbocycles. The largest absolute Gasteiger partial charge is 0.478 e. The number of carbonyl (C=O) groups excluding carboxylic acids is 1. The van der Waals surface area contributed by atoms with E-state index < -0.39 is 11.9 Å². The van der Waals surface area contributed by atoms with Crippen molar-refractivity contribution in [3.8, 4) is 17.2 Å². The van der Waals surface area contributed by atoms with E-state index in [-0.39, 0.29) is 12.0 Å². The molecule has 0 aliphatic rings. The molecular weight excluding hydrogens is 380 g/mol. The van der Waals surface area contributed by atoms with Crippen LogP contribution in [0.3, 0.4) is 0 Å². The SMILES string of the molecule is Cc1ccnc(NCc2ccc(-c3ccccc3C(=O)O)cc2)c1NC(=O)CC#N. The molecule has 30 heavy (non-hydrogen) atoms. The molecule has 2 aromatic carbocycles. The fourth-order valence-corrected chi connectivity index (χ4v) is 3.01. The molecule has 1 aromatic heterocycles. The average Bonchev–Trinajstić information content (AvgIpc) is 2.75. The maximum Gasteiger partial charge on any atom is 0.336 e. The highest BCUT2D eigenvalue weighted by Crippen LogP contribution is 2.26. The highest BCUT2D eigenvalue weighted by atomic mass is 16.4. The third-order valence-electron chi connectivity index (χ3n) is 4.55. The molecule has 3 N–H and O–H groups in total. The first-order valence-electron chi connectivity index (χ1n) is 9.27. The van der Waals surface area contributed by atoms with Gasteiger partial charge in [0.1, 0.15) is 12.2 Å². The lowest BCUT2D eigenvalue weighted by atomic mass is 9.99. The second-order valence-corrected chi connectivity index (χ2v) is 6.64. The summed E-state index contributed by atoms with van der Waals surface area (Å²) in [4.78, 5) is 27.5. The minimum Gasteiger partial charge on any atom is -0.478 e. The molecule has 0 bridgehead atoms. The molecule has 0 unspecified atom stereocenters. The van der Waals surface area contributed by atoms with Gasteiger partial charge in [-0.3, -0.25) is 4.79 Å². The first kappa shape index (κ1) is 20.6. The molecule has 150 valence electrons. The summed E-state index contributed by atoms with van der Waals surface area (Å²) >= 11 is 0. The average molecular weight is 400 g/mol.